The number of hydrogen-bond acceptors (Lipinski definition) is 3. The lowest BCUT2D eigenvalue weighted by Crippen LogP contribution is -1.98. The molecule has 0 aliphatic heterocycles. The van der Waals surface area contributed by atoms with E-state index < -0.39 is 10.7 Å². The van der Waals surface area contributed by atoms with E-state index in [9.17, 15) is 14.5 Å². The summed E-state index contributed by atoms with van der Waals surface area (Å²) in [7, 11) is 0. The van der Waals surface area contributed by atoms with Crippen LogP contribution >= 0.6 is 0 Å². The van der Waals surface area contributed by atoms with Crippen LogP contribution in [0.15, 0.2) is 54.2 Å². The molecule has 0 radical (unpaired) electrons. The normalized spacial score (nSPS) is 11.2. The predicted octanol–water partition coefficient (Wildman–Crippen LogP) is 4.04. The van der Waals surface area contributed by atoms with Crippen LogP contribution in [0.3, 0.4) is 0 Å². The molecule has 0 fully saturated rings. The number of benzene rings is 2. The van der Waals surface area contributed by atoms with Crippen LogP contribution in [0.25, 0.3) is 6.08 Å². The summed E-state index contributed by atoms with van der Waals surface area (Å²) in [5, 5.41) is 10.5. The Balaban J connectivity index is 2.09. The molecule has 0 heterocycles. The quantitative estimate of drug-likeness (QED) is 0.616. The Morgan fingerprint density at radius 2 is 2.00 bits per heavy atom. The summed E-state index contributed by atoms with van der Waals surface area (Å²) in [6.07, 6.45) is 1.31. The third-order valence-corrected chi connectivity index (χ3v) is 2.86. The van der Waals surface area contributed by atoms with E-state index >= 15 is 0 Å². The molecular formula is C16H14FNO3. The first-order valence-corrected chi connectivity index (χ1v) is 6.35. The molecular weight excluding hydrogens is 273 g/mol. The van der Waals surface area contributed by atoms with Gasteiger partial charge in [0.05, 0.1) is 4.92 Å². The van der Waals surface area contributed by atoms with Crippen LogP contribution in [-0.2, 0) is 6.61 Å². The number of allylic oxidation sites excluding steroid dienone is 1. The molecule has 2 aromatic carbocycles. The Morgan fingerprint density at radius 1 is 1.29 bits per heavy atom. The summed E-state index contributed by atoms with van der Waals surface area (Å²) in [6, 6.07) is 13.7. The topological polar surface area (TPSA) is 52.4 Å². The van der Waals surface area contributed by atoms with Crippen LogP contribution in [0.1, 0.15) is 18.1 Å². The lowest BCUT2D eigenvalue weighted by atomic mass is 10.2. The maximum Gasteiger partial charge on any atom is 0.243 e. The molecule has 4 nitrogen and oxygen atoms in total. The molecule has 0 spiro atoms. The molecule has 0 aliphatic rings. The van der Waals surface area contributed by atoms with Crippen molar-refractivity contribution in [2.45, 2.75) is 13.5 Å². The second-order valence-electron chi connectivity index (χ2n) is 4.51. The monoisotopic (exact) mass is 287 g/mol. The maximum absolute atomic E-state index is 13.9. The van der Waals surface area contributed by atoms with Gasteiger partial charge >= 0.3 is 0 Å². The highest BCUT2D eigenvalue weighted by molar-refractivity contribution is 5.52. The Kier molecular flexibility index (Phi) is 4.66. The van der Waals surface area contributed by atoms with Crippen molar-refractivity contribution in [1.29, 1.82) is 0 Å². The summed E-state index contributed by atoms with van der Waals surface area (Å²) >= 11 is 0. The molecule has 2 aromatic rings. The minimum atomic E-state index is -0.546. The standard InChI is InChI=1S/C16H14FNO3/c1-12(18(19)20)9-14-7-8-16(15(17)10-14)21-11-13-5-3-2-4-6-13/h2-10H,11H2,1H3/b12-9+. The minimum Gasteiger partial charge on any atom is -0.486 e. The third-order valence-electron chi connectivity index (χ3n) is 2.86. The minimum absolute atomic E-state index is 0.0487. The van der Waals surface area contributed by atoms with Gasteiger partial charge in [-0.05, 0) is 23.3 Å². The zero-order chi connectivity index (χ0) is 15.2. The molecule has 0 atom stereocenters. The van der Waals surface area contributed by atoms with Gasteiger partial charge in [-0.1, -0.05) is 36.4 Å². The molecule has 2 rings (SSSR count). The number of rotatable bonds is 5. The average Bonchev–Trinajstić information content (AvgIpc) is 2.47. The fraction of sp³-hybridized carbons (Fsp3) is 0.125. The first-order valence-electron chi connectivity index (χ1n) is 6.35. The van der Waals surface area contributed by atoms with Crippen LogP contribution < -0.4 is 4.74 Å². The first-order chi connectivity index (χ1) is 10.1. The second-order valence-corrected chi connectivity index (χ2v) is 4.51. The zero-order valence-electron chi connectivity index (χ0n) is 11.5. The van der Waals surface area contributed by atoms with Gasteiger partial charge in [0.1, 0.15) is 6.61 Å². The van der Waals surface area contributed by atoms with Crippen molar-refractivity contribution in [2.24, 2.45) is 0 Å². The van der Waals surface area contributed by atoms with E-state index in [0.29, 0.717) is 5.56 Å². The van der Waals surface area contributed by atoms with Crippen molar-refractivity contribution in [1.82, 2.24) is 0 Å². The highest BCUT2D eigenvalue weighted by Crippen LogP contribution is 2.21. The lowest BCUT2D eigenvalue weighted by Gasteiger charge is -2.07. The Labute approximate surface area is 121 Å². The number of nitrogens with zero attached hydrogens (tertiary/aromatic N) is 1. The summed E-state index contributed by atoms with van der Waals surface area (Å²) in [5.41, 5.74) is 1.31. The third kappa shape index (κ3) is 4.14. The average molecular weight is 287 g/mol. The predicted molar refractivity (Wildman–Crippen MR) is 77.8 cm³/mol. The molecule has 21 heavy (non-hydrogen) atoms. The highest BCUT2D eigenvalue weighted by Gasteiger charge is 2.07. The summed E-state index contributed by atoms with van der Waals surface area (Å²) in [6.45, 7) is 1.62. The number of ether oxygens (including phenoxy) is 1. The van der Waals surface area contributed by atoms with Crippen LogP contribution in [0.4, 0.5) is 4.39 Å². The van der Waals surface area contributed by atoms with Crippen molar-refractivity contribution in [3.63, 3.8) is 0 Å². The maximum atomic E-state index is 13.9. The number of halogens is 1. The zero-order valence-corrected chi connectivity index (χ0v) is 11.5. The molecule has 5 heteroatoms. The highest BCUT2D eigenvalue weighted by atomic mass is 19.1. The van der Waals surface area contributed by atoms with E-state index in [4.69, 9.17) is 4.74 Å². The van der Waals surface area contributed by atoms with Gasteiger partial charge in [0.15, 0.2) is 11.6 Å². The van der Waals surface area contributed by atoms with Crippen molar-refractivity contribution in [3.05, 3.63) is 81.3 Å². The Bertz CT molecular complexity index is 668. The van der Waals surface area contributed by atoms with Gasteiger partial charge in [0.2, 0.25) is 5.70 Å². The van der Waals surface area contributed by atoms with Crippen LogP contribution in [0.5, 0.6) is 5.75 Å². The summed E-state index contributed by atoms with van der Waals surface area (Å²) in [4.78, 5) is 10.0. The van der Waals surface area contributed by atoms with E-state index in [1.807, 2.05) is 30.3 Å². The summed E-state index contributed by atoms with van der Waals surface area (Å²) < 4.78 is 19.3. The van der Waals surface area contributed by atoms with Gasteiger partial charge in [0, 0.05) is 13.0 Å². The largest absolute Gasteiger partial charge is 0.486 e. The Hall–Kier alpha value is -2.69. The van der Waals surface area contributed by atoms with Gasteiger partial charge < -0.3 is 4.74 Å². The molecule has 0 saturated heterocycles. The second kappa shape index (κ2) is 6.65. The SMILES string of the molecule is C/C(=C\c1ccc(OCc2ccccc2)c(F)c1)[N+](=O)[O-]. The number of hydrogen-bond donors (Lipinski definition) is 0. The van der Waals surface area contributed by atoms with Crippen molar-refractivity contribution in [2.75, 3.05) is 0 Å². The van der Waals surface area contributed by atoms with Crippen LogP contribution in [0.2, 0.25) is 0 Å². The van der Waals surface area contributed by atoms with Crippen molar-refractivity contribution >= 4 is 6.08 Å². The van der Waals surface area contributed by atoms with Crippen molar-refractivity contribution < 1.29 is 14.1 Å². The molecule has 0 saturated carbocycles. The molecule has 108 valence electrons. The fourth-order valence-electron chi connectivity index (χ4n) is 1.75. The first kappa shape index (κ1) is 14.7. The summed E-state index contributed by atoms with van der Waals surface area (Å²) in [5.74, 6) is -0.425. The fourth-order valence-corrected chi connectivity index (χ4v) is 1.75. The van der Waals surface area contributed by atoms with E-state index in [0.717, 1.165) is 5.56 Å². The molecule has 0 bridgehead atoms. The smallest absolute Gasteiger partial charge is 0.243 e. The van der Waals surface area contributed by atoms with Crippen LogP contribution in [0, 0.1) is 15.9 Å². The van der Waals surface area contributed by atoms with Crippen molar-refractivity contribution in [3.8, 4) is 5.75 Å². The van der Waals surface area contributed by atoms with Crippen LogP contribution in [-0.4, -0.2) is 4.92 Å². The number of nitro groups is 1. The van der Waals surface area contributed by atoms with E-state index in [1.165, 1.54) is 25.1 Å². The van der Waals surface area contributed by atoms with Gasteiger partial charge in [-0.3, -0.25) is 10.1 Å². The Morgan fingerprint density at radius 3 is 2.62 bits per heavy atom. The van der Waals surface area contributed by atoms with E-state index in [-0.39, 0.29) is 18.1 Å². The van der Waals surface area contributed by atoms with Gasteiger partial charge in [-0.2, -0.15) is 0 Å². The van der Waals surface area contributed by atoms with Gasteiger partial charge in [-0.25, -0.2) is 4.39 Å². The molecule has 0 N–H and O–H groups in total. The lowest BCUT2D eigenvalue weighted by molar-refractivity contribution is -0.422. The van der Waals surface area contributed by atoms with E-state index in [1.54, 1.807) is 6.07 Å². The van der Waals surface area contributed by atoms with Gasteiger partial charge in [0.25, 0.3) is 0 Å². The van der Waals surface area contributed by atoms with E-state index in [2.05, 4.69) is 0 Å². The molecule has 0 aliphatic carbocycles. The molecule has 0 amide bonds. The molecule has 0 unspecified atom stereocenters. The van der Waals surface area contributed by atoms with Gasteiger partial charge in [-0.15, -0.1) is 0 Å². The molecule has 0 aromatic heterocycles.